The topological polar surface area (TPSA) is 51.9 Å². The van der Waals surface area contributed by atoms with Gasteiger partial charge in [-0.2, -0.15) is 4.98 Å². The van der Waals surface area contributed by atoms with Crippen molar-refractivity contribution >= 4 is 22.5 Å². The van der Waals surface area contributed by atoms with Crippen LogP contribution in [-0.4, -0.2) is 47.8 Å². The number of morpholine rings is 1. The zero-order valence-corrected chi connectivity index (χ0v) is 11.8. The maximum atomic E-state index is 5.43. The summed E-state index contributed by atoms with van der Waals surface area (Å²) in [7, 11) is 1.62. The SMILES string of the molecule is COc1ccc2nc(N3CCOCC3)c3cccn3c2n1. The fourth-order valence-electron chi connectivity index (χ4n) is 2.73. The minimum Gasteiger partial charge on any atom is -0.481 e. The van der Waals surface area contributed by atoms with Crippen LogP contribution in [0.5, 0.6) is 5.88 Å². The average Bonchev–Trinajstić information content (AvgIpc) is 3.04. The maximum Gasteiger partial charge on any atom is 0.215 e. The lowest BCUT2D eigenvalue weighted by Crippen LogP contribution is -2.37. The van der Waals surface area contributed by atoms with E-state index in [1.54, 1.807) is 7.11 Å². The Labute approximate surface area is 121 Å². The highest BCUT2D eigenvalue weighted by Gasteiger charge is 2.18. The third kappa shape index (κ3) is 1.99. The lowest BCUT2D eigenvalue weighted by molar-refractivity contribution is 0.122. The van der Waals surface area contributed by atoms with Gasteiger partial charge in [0.2, 0.25) is 5.88 Å². The standard InChI is InChI=1S/C15H16N4O2/c1-20-13-5-4-11-14(17-13)19-6-2-3-12(19)15(16-11)18-7-9-21-10-8-18/h2-6H,7-10H2,1H3. The number of ether oxygens (including phenoxy) is 2. The first-order chi connectivity index (χ1) is 10.4. The minimum atomic E-state index is 0.596. The van der Waals surface area contributed by atoms with E-state index in [1.807, 2.05) is 24.4 Å². The summed E-state index contributed by atoms with van der Waals surface area (Å²) in [4.78, 5) is 11.6. The molecule has 4 rings (SSSR count). The van der Waals surface area contributed by atoms with Crippen LogP contribution in [0.4, 0.5) is 5.82 Å². The van der Waals surface area contributed by atoms with Crippen molar-refractivity contribution in [1.82, 2.24) is 14.4 Å². The molecule has 1 fully saturated rings. The van der Waals surface area contributed by atoms with Crippen LogP contribution in [0.15, 0.2) is 30.5 Å². The smallest absolute Gasteiger partial charge is 0.215 e. The van der Waals surface area contributed by atoms with Gasteiger partial charge < -0.3 is 14.4 Å². The molecule has 0 unspecified atom stereocenters. The van der Waals surface area contributed by atoms with Crippen molar-refractivity contribution in [3.63, 3.8) is 0 Å². The summed E-state index contributed by atoms with van der Waals surface area (Å²) >= 11 is 0. The molecule has 0 bridgehead atoms. The number of hydrogen-bond donors (Lipinski definition) is 0. The molecule has 1 saturated heterocycles. The fraction of sp³-hybridized carbons (Fsp3) is 0.333. The largest absolute Gasteiger partial charge is 0.481 e. The second-order valence-corrected chi connectivity index (χ2v) is 4.99. The van der Waals surface area contributed by atoms with E-state index in [0.29, 0.717) is 5.88 Å². The van der Waals surface area contributed by atoms with E-state index in [1.165, 1.54) is 0 Å². The van der Waals surface area contributed by atoms with Gasteiger partial charge in [0.1, 0.15) is 5.52 Å². The van der Waals surface area contributed by atoms with Crippen molar-refractivity contribution in [3.05, 3.63) is 30.5 Å². The highest BCUT2D eigenvalue weighted by Crippen LogP contribution is 2.26. The van der Waals surface area contributed by atoms with Crippen LogP contribution in [0.25, 0.3) is 16.7 Å². The summed E-state index contributed by atoms with van der Waals surface area (Å²) < 4.78 is 12.7. The summed E-state index contributed by atoms with van der Waals surface area (Å²) in [6.07, 6.45) is 2.01. The van der Waals surface area contributed by atoms with Crippen LogP contribution < -0.4 is 9.64 Å². The molecule has 3 aromatic heterocycles. The molecule has 0 radical (unpaired) electrons. The first-order valence-electron chi connectivity index (χ1n) is 7.01. The molecular formula is C15H16N4O2. The number of pyridine rings is 1. The third-order valence-corrected chi connectivity index (χ3v) is 3.78. The summed E-state index contributed by atoms with van der Waals surface area (Å²) in [5, 5.41) is 0. The van der Waals surface area contributed by atoms with Crippen molar-refractivity contribution in [2.45, 2.75) is 0 Å². The molecule has 21 heavy (non-hydrogen) atoms. The number of hydrogen-bond acceptors (Lipinski definition) is 5. The van der Waals surface area contributed by atoms with Crippen LogP contribution in [0.1, 0.15) is 0 Å². The lowest BCUT2D eigenvalue weighted by atomic mass is 10.3. The molecule has 0 atom stereocenters. The van der Waals surface area contributed by atoms with Gasteiger partial charge in [0.15, 0.2) is 11.5 Å². The lowest BCUT2D eigenvalue weighted by Gasteiger charge is -2.28. The molecule has 1 aliphatic heterocycles. The van der Waals surface area contributed by atoms with Gasteiger partial charge in [0.25, 0.3) is 0 Å². The second kappa shape index (κ2) is 4.89. The van der Waals surface area contributed by atoms with Gasteiger partial charge in [-0.05, 0) is 18.2 Å². The molecule has 0 N–H and O–H groups in total. The summed E-state index contributed by atoms with van der Waals surface area (Å²) in [5.74, 6) is 1.58. The van der Waals surface area contributed by atoms with Gasteiger partial charge in [-0.3, -0.25) is 4.40 Å². The molecular weight excluding hydrogens is 268 g/mol. The molecule has 6 heteroatoms. The van der Waals surface area contributed by atoms with Crippen LogP contribution in [0.2, 0.25) is 0 Å². The van der Waals surface area contributed by atoms with Crippen molar-refractivity contribution < 1.29 is 9.47 Å². The fourth-order valence-corrected chi connectivity index (χ4v) is 2.73. The Balaban J connectivity index is 1.95. The monoisotopic (exact) mass is 284 g/mol. The molecule has 0 amide bonds. The highest BCUT2D eigenvalue weighted by atomic mass is 16.5. The molecule has 108 valence electrons. The normalized spacial score (nSPS) is 15.8. The first kappa shape index (κ1) is 12.4. The summed E-state index contributed by atoms with van der Waals surface area (Å²) in [6.45, 7) is 3.22. The van der Waals surface area contributed by atoms with Crippen LogP contribution in [-0.2, 0) is 4.74 Å². The van der Waals surface area contributed by atoms with E-state index < -0.39 is 0 Å². The van der Waals surface area contributed by atoms with E-state index >= 15 is 0 Å². The van der Waals surface area contributed by atoms with Crippen molar-refractivity contribution in [3.8, 4) is 5.88 Å². The van der Waals surface area contributed by atoms with Crippen LogP contribution in [0, 0.1) is 0 Å². The Bertz CT molecular complexity index is 793. The number of aromatic nitrogens is 3. The number of rotatable bonds is 2. The summed E-state index contributed by atoms with van der Waals surface area (Å²) in [6, 6.07) is 7.87. The average molecular weight is 284 g/mol. The summed E-state index contributed by atoms with van der Waals surface area (Å²) in [5.41, 5.74) is 2.73. The van der Waals surface area contributed by atoms with Gasteiger partial charge in [0, 0.05) is 25.4 Å². The van der Waals surface area contributed by atoms with Gasteiger partial charge in [-0.1, -0.05) is 0 Å². The molecule has 0 aliphatic carbocycles. The maximum absolute atomic E-state index is 5.43. The molecule has 4 heterocycles. The number of methoxy groups -OCH3 is 1. The van der Waals surface area contributed by atoms with E-state index in [0.717, 1.165) is 48.8 Å². The van der Waals surface area contributed by atoms with E-state index in [-0.39, 0.29) is 0 Å². The van der Waals surface area contributed by atoms with E-state index in [9.17, 15) is 0 Å². The molecule has 3 aromatic rings. The Morgan fingerprint density at radius 2 is 2.00 bits per heavy atom. The quantitative estimate of drug-likeness (QED) is 0.717. The van der Waals surface area contributed by atoms with E-state index in [2.05, 4.69) is 20.4 Å². The Hall–Kier alpha value is -2.34. The van der Waals surface area contributed by atoms with Gasteiger partial charge >= 0.3 is 0 Å². The zero-order chi connectivity index (χ0) is 14.2. The predicted molar refractivity (Wildman–Crippen MR) is 80.1 cm³/mol. The number of nitrogens with zero attached hydrogens (tertiary/aromatic N) is 4. The zero-order valence-electron chi connectivity index (χ0n) is 11.8. The highest BCUT2D eigenvalue weighted by molar-refractivity contribution is 5.83. The van der Waals surface area contributed by atoms with Crippen molar-refractivity contribution in [2.24, 2.45) is 0 Å². The predicted octanol–water partition coefficient (Wildman–Crippen LogP) is 1.73. The van der Waals surface area contributed by atoms with Crippen LogP contribution >= 0.6 is 0 Å². The number of fused-ring (bicyclic) bond motifs is 3. The van der Waals surface area contributed by atoms with Gasteiger partial charge in [-0.15, -0.1) is 0 Å². The van der Waals surface area contributed by atoms with Crippen LogP contribution in [0.3, 0.4) is 0 Å². The molecule has 0 spiro atoms. The molecule has 0 aromatic carbocycles. The van der Waals surface area contributed by atoms with Gasteiger partial charge in [-0.25, -0.2) is 4.98 Å². The Kier molecular flexibility index (Phi) is 2.89. The van der Waals surface area contributed by atoms with Crippen molar-refractivity contribution in [2.75, 3.05) is 38.3 Å². The van der Waals surface area contributed by atoms with E-state index in [4.69, 9.17) is 14.5 Å². The molecule has 0 saturated carbocycles. The first-order valence-corrected chi connectivity index (χ1v) is 7.01. The minimum absolute atomic E-state index is 0.596. The Morgan fingerprint density at radius 1 is 1.14 bits per heavy atom. The van der Waals surface area contributed by atoms with Crippen molar-refractivity contribution in [1.29, 1.82) is 0 Å². The molecule has 6 nitrogen and oxygen atoms in total. The Morgan fingerprint density at radius 3 is 2.81 bits per heavy atom. The molecule has 1 aliphatic rings. The van der Waals surface area contributed by atoms with Gasteiger partial charge in [0.05, 0.1) is 25.8 Å². The second-order valence-electron chi connectivity index (χ2n) is 4.99. The third-order valence-electron chi connectivity index (χ3n) is 3.78. The number of anilines is 1.